The molecule has 0 radical (unpaired) electrons. The SMILES string of the molecule is COCCOc1ccc(CNC(=O)C[C@@H]2CCC[C@H]2N)cc1.Cl. The number of rotatable bonds is 8. The summed E-state index contributed by atoms with van der Waals surface area (Å²) in [6, 6.07) is 7.93. The lowest BCUT2D eigenvalue weighted by Crippen LogP contribution is -2.31. The summed E-state index contributed by atoms with van der Waals surface area (Å²) >= 11 is 0. The normalized spacial score (nSPS) is 19.9. The molecular formula is C17H27ClN2O3. The largest absolute Gasteiger partial charge is 0.491 e. The first-order valence-corrected chi connectivity index (χ1v) is 7.92. The predicted octanol–water partition coefficient (Wildman–Crippen LogP) is 2.27. The maximum absolute atomic E-state index is 12.0. The van der Waals surface area contributed by atoms with E-state index in [0.717, 1.165) is 30.6 Å². The van der Waals surface area contributed by atoms with Gasteiger partial charge in [-0.25, -0.2) is 0 Å². The zero-order valence-electron chi connectivity index (χ0n) is 13.6. The molecule has 2 atom stereocenters. The van der Waals surface area contributed by atoms with E-state index >= 15 is 0 Å². The van der Waals surface area contributed by atoms with E-state index in [2.05, 4.69) is 5.32 Å². The van der Waals surface area contributed by atoms with Gasteiger partial charge in [0.1, 0.15) is 12.4 Å². The summed E-state index contributed by atoms with van der Waals surface area (Å²) in [7, 11) is 1.65. The fourth-order valence-electron chi connectivity index (χ4n) is 2.78. The number of carbonyl (C=O) groups excluding carboxylic acids is 1. The van der Waals surface area contributed by atoms with Crippen molar-refractivity contribution < 1.29 is 14.3 Å². The Morgan fingerprint density at radius 2 is 2.00 bits per heavy atom. The van der Waals surface area contributed by atoms with Crippen molar-refractivity contribution in [1.82, 2.24) is 5.32 Å². The van der Waals surface area contributed by atoms with Crippen LogP contribution in [0.3, 0.4) is 0 Å². The highest BCUT2D eigenvalue weighted by atomic mass is 35.5. The Morgan fingerprint density at radius 1 is 1.26 bits per heavy atom. The summed E-state index contributed by atoms with van der Waals surface area (Å²) in [5.41, 5.74) is 7.06. The van der Waals surface area contributed by atoms with Gasteiger partial charge in [-0.1, -0.05) is 18.6 Å². The predicted molar refractivity (Wildman–Crippen MR) is 92.8 cm³/mol. The Hall–Kier alpha value is -1.30. The number of halogens is 1. The molecule has 1 saturated carbocycles. The maximum atomic E-state index is 12.0. The second kappa shape index (κ2) is 10.5. The van der Waals surface area contributed by atoms with Crippen LogP contribution in [0.4, 0.5) is 0 Å². The smallest absolute Gasteiger partial charge is 0.220 e. The molecule has 23 heavy (non-hydrogen) atoms. The summed E-state index contributed by atoms with van der Waals surface area (Å²) in [4.78, 5) is 12.0. The van der Waals surface area contributed by atoms with Crippen LogP contribution in [0.2, 0.25) is 0 Å². The number of hydrogen-bond donors (Lipinski definition) is 2. The van der Waals surface area contributed by atoms with Gasteiger partial charge in [-0.05, 0) is 36.5 Å². The van der Waals surface area contributed by atoms with Gasteiger partial charge in [-0.2, -0.15) is 0 Å². The van der Waals surface area contributed by atoms with Crippen LogP contribution in [-0.2, 0) is 16.1 Å². The monoisotopic (exact) mass is 342 g/mol. The first-order chi connectivity index (χ1) is 10.7. The average Bonchev–Trinajstić information content (AvgIpc) is 2.92. The Balaban J connectivity index is 0.00000264. The summed E-state index contributed by atoms with van der Waals surface area (Å²) in [6.07, 6.45) is 3.80. The van der Waals surface area contributed by atoms with Gasteiger partial charge in [0, 0.05) is 26.1 Å². The van der Waals surface area contributed by atoms with Gasteiger partial charge in [0.25, 0.3) is 0 Å². The van der Waals surface area contributed by atoms with Crippen LogP contribution in [0.1, 0.15) is 31.2 Å². The van der Waals surface area contributed by atoms with E-state index in [9.17, 15) is 4.79 Å². The number of nitrogens with one attached hydrogen (secondary N) is 1. The van der Waals surface area contributed by atoms with Crippen molar-refractivity contribution in [3.05, 3.63) is 29.8 Å². The van der Waals surface area contributed by atoms with Crippen LogP contribution in [0, 0.1) is 5.92 Å². The molecule has 1 aromatic carbocycles. The molecule has 0 saturated heterocycles. The fourth-order valence-corrected chi connectivity index (χ4v) is 2.78. The summed E-state index contributed by atoms with van der Waals surface area (Å²) in [5.74, 6) is 1.24. The number of ether oxygens (including phenoxy) is 2. The minimum Gasteiger partial charge on any atom is -0.491 e. The zero-order valence-corrected chi connectivity index (χ0v) is 14.4. The van der Waals surface area contributed by atoms with Crippen LogP contribution in [0.5, 0.6) is 5.75 Å². The van der Waals surface area contributed by atoms with Crippen LogP contribution in [0.25, 0.3) is 0 Å². The third kappa shape index (κ3) is 6.77. The number of carbonyl (C=O) groups is 1. The lowest BCUT2D eigenvalue weighted by atomic mass is 10.00. The Labute approximate surface area is 144 Å². The number of amides is 1. The third-order valence-electron chi connectivity index (χ3n) is 4.13. The van der Waals surface area contributed by atoms with Gasteiger partial charge in [0.15, 0.2) is 0 Å². The van der Waals surface area contributed by atoms with Gasteiger partial charge in [0.05, 0.1) is 6.61 Å². The Kier molecular flexibility index (Phi) is 8.99. The molecule has 0 heterocycles. The summed E-state index contributed by atoms with van der Waals surface area (Å²) in [5, 5.41) is 2.96. The minimum absolute atomic E-state index is 0. The number of methoxy groups -OCH3 is 1. The minimum atomic E-state index is 0. The highest BCUT2D eigenvalue weighted by molar-refractivity contribution is 5.85. The van der Waals surface area contributed by atoms with E-state index in [4.69, 9.17) is 15.2 Å². The van der Waals surface area contributed by atoms with E-state index in [1.165, 1.54) is 0 Å². The molecule has 0 bridgehead atoms. The highest BCUT2D eigenvalue weighted by Gasteiger charge is 2.25. The number of benzene rings is 1. The van der Waals surface area contributed by atoms with Crippen molar-refractivity contribution in [1.29, 1.82) is 0 Å². The van der Waals surface area contributed by atoms with Crippen LogP contribution < -0.4 is 15.8 Å². The average molecular weight is 343 g/mol. The van der Waals surface area contributed by atoms with Crippen molar-refractivity contribution in [3.63, 3.8) is 0 Å². The standard InChI is InChI=1S/C17H26N2O3.ClH/c1-21-9-10-22-15-7-5-13(6-8-15)12-19-17(20)11-14-3-2-4-16(14)18;/h5-8,14,16H,2-4,9-12,18H2,1H3,(H,19,20);1H/t14-,16+;/m0./s1. The van der Waals surface area contributed by atoms with Crippen LogP contribution in [-0.4, -0.2) is 32.3 Å². The molecule has 1 amide bonds. The molecule has 1 aromatic rings. The van der Waals surface area contributed by atoms with E-state index in [-0.39, 0.29) is 24.4 Å². The quantitative estimate of drug-likeness (QED) is 0.711. The molecule has 130 valence electrons. The lowest BCUT2D eigenvalue weighted by Gasteiger charge is -2.14. The van der Waals surface area contributed by atoms with Gasteiger partial charge in [-0.3, -0.25) is 4.79 Å². The van der Waals surface area contributed by atoms with Crippen molar-refractivity contribution >= 4 is 18.3 Å². The molecule has 5 nitrogen and oxygen atoms in total. The highest BCUT2D eigenvalue weighted by Crippen LogP contribution is 2.26. The Morgan fingerprint density at radius 3 is 2.61 bits per heavy atom. The molecule has 0 spiro atoms. The second-order valence-corrected chi connectivity index (χ2v) is 5.82. The fraction of sp³-hybridized carbons (Fsp3) is 0.588. The van der Waals surface area contributed by atoms with E-state index in [0.29, 0.717) is 32.1 Å². The topological polar surface area (TPSA) is 73.6 Å². The van der Waals surface area contributed by atoms with Crippen molar-refractivity contribution in [3.8, 4) is 5.75 Å². The van der Waals surface area contributed by atoms with Gasteiger partial charge in [0.2, 0.25) is 5.91 Å². The van der Waals surface area contributed by atoms with Crippen molar-refractivity contribution in [2.24, 2.45) is 11.7 Å². The molecule has 1 aliphatic rings. The molecule has 0 aliphatic heterocycles. The number of hydrogen-bond acceptors (Lipinski definition) is 4. The molecule has 0 unspecified atom stereocenters. The molecular weight excluding hydrogens is 316 g/mol. The van der Waals surface area contributed by atoms with Gasteiger partial charge >= 0.3 is 0 Å². The van der Waals surface area contributed by atoms with E-state index in [1.54, 1.807) is 7.11 Å². The third-order valence-corrected chi connectivity index (χ3v) is 4.13. The van der Waals surface area contributed by atoms with Gasteiger partial charge < -0.3 is 20.5 Å². The second-order valence-electron chi connectivity index (χ2n) is 5.82. The first-order valence-electron chi connectivity index (χ1n) is 7.92. The molecule has 6 heteroatoms. The van der Waals surface area contributed by atoms with E-state index < -0.39 is 0 Å². The summed E-state index contributed by atoms with van der Waals surface area (Å²) in [6.45, 7) is 1.65. The number of nitrogens with two attached hydrogens (primary N) is 1. The molecule has 1 aliphatic carbocycles. The zero-order chi connectivity index (χ0) is 15.8. The molecule has 1 fully saturated rings. The Bertz CT molecular complexity index is 467. The van der Waals surface area contributed by atoms with Crippen LogP contribution >= 0.6 is 12.4 Å². The molecule has 2 rings (SSSR count). The van der Waals surface area contributed by atoms with Crippen LogP contribution in [0.15, 0.2) is 24.3 Å². The lowest BCUT2D eigenvalue weighted by molar-refractivity contribution is -0.122. The van der Waals surface area contributed by atoms with Crippen molar-refractivity contribution in [2.45, 2.75) is 38.3 Å². The summed E-state index contributed by atoms with van der Waals surface area (Å²) < 4.78 is 10.4. The molecule has 3 N–H and O–H groups in total. The first kappa shape index (κ1) is 19.7. The van der Waals surface area contributed by atoms with E-state index in [1.807, 2.05) is 24.3 Å². The maximum Gasteiger partial charge on any atom is 0.220 e. The molecule has 0 aromatic heterocycles. The van der Waals surface area contributed by atoms with Gasteiger partial charge in [-0.15, -0.1) is 12.4 Å². The van der Waals surface area contributed by atoms with Crippen molar-refractivity contribution in [2.75, 3.05) is 20.3 Å².